The summed E-state index contributed by atoms with van der Waals surface area (Å²) in [5.74, 6) is 1.18. The summed E-state index contributed by atoms with van der Waals surface area (Å²) >= 11 is 8.59. The van der Waals surface area contributed by atoms with Crippen molar-refractivity contribution in [1.29, 1.82) is 0 Å². The highest BCUT2D eigenvalue weighted by Crippen LogP contribution is 2.25. The van der Waals surface area contributed by atoms with Crippen LogP contribution in [0.1, 0.15) is 27.6 Å². The fraction of sp³-hybridized carbons (Fsp3) is 0.200. The van der Waals surface area contributed by atoms with Gasteiger partial charge in [0.2, 0.25) is 0 Å². The molecule has 0 bridgehead atoms. The molecule has 154 valence electrons. The topological polar surface area (TPSA) is 83.0 Å². The Bertz CT molecular complexity index is 1150. The summed E-state index contributed by atoms with van der Waals surface area (Å²) in [4.78, 5) is 17.1. The van der Waals surface area contributed by atoms with Gasteiger partial charge in [0, 0.05) is 33.6 Å². The predicted molar refractivity (Wildman–Crippen MR) is 116 cm³/mol. The van der Waals surface area contributed by atoms with Gasteiger partial charge < -0.3 is 9.15 Å². The van der Waals surface area contributed by atoms with Crippen LogP contribution in [0.15, 0.2) is 51.5 Å². The molecule has 0 amide bonds. The number of carbonyl (C=O) groups is 1. The average molecular weight is 461 g/mol. The molecule has 0 atom stereocenters. The van der Waals surface area contributed by atoms with Gasteiger partial charge in [-0.3, -0.25) is 9.36 Å². The van der Waals surface area contributed by atoms with Gasteiger partial charge in [-0.25, -0.2) is 4.98 Å². The fourth-order valence-electron chi connectivity index (χ4n) is 2.90. The molecule has 4 aromatic rings. The zero-order valence-corrected chi connectivity index (χ0v) is 18.6. The summed E-state index contributed by atoms with van der Waals surface area (Å²) in [7, 11) is 0. The van der Waals surface area contributed by atoms with Crippen LogP contribution in [0.2, 0.25) is 5.02 Å². The Balaban J connectivity index is 1.36. The van der Waals surface area contributed by atoms with Crippen molar-refractivity contribution in [1.82, 2.24) is 19.7 Å². The van der Waals surface area contributed by atoms with Crippen molar-refractivity contribution >= 4 is 40.5 Å². The molecule has 3 aromatic heterocycles. The van der Waals surface area contributed by atoms with E-state index in [0.717, 1.165) is 16.5 Å². The lowest BCUT2D eigenvalue weighted by atomic mass is 10.2. The normalized spacial score (nSPS) is 11.0. The summed E-state index contributed by atoms with van der Waals surface area (Å²) in [6.07, 6.45) is 1.75. The molecule has 1 aromatic carbocycles. The molecular weight excluding hydrogens is 444 g/mol. The number of benzene rings is 1. The van der Waals surface area contributed by atoms with Crippen LogP contribution in [0.5, 0.6) is 5.75 Å². The van der Waals surface area contributed by atoms with Crippen LogP contribution in [0.4, 0.5) is 0 Å². The summed E-state index contributed by atoms with van der Waals surface area (Å²) < 4.78 is 13.1. The number of rotatable bonds is 8. The second-order valence-corrected chi connectivity index (χ2v) is 8.59. The zero-order valence-electron chi connectivity index (χ0n) is 16.2. The number of aromatic nitrogens is 4. The molecule has 0 aliphatic heterocycles. The fourth-order valence-corrected chi connectivity index (χ4v) is 4.44. The van der Waals surface area contributed by atoms with Gasteiger partial charge in [-0.2, -0.15) is 0 Å². The minimum absolute atomic E-state index is 0.00642. The second kappa shape index (κ2) is 9.03. The first kappa shape index (κ1) is 20.6. The van der Waals surface area contributed by atoms with E-state index >= 15 is 0 Å². The van der Waals surface area contributed by atoms with Gasteiger partial charge in [-0.15, -0.1) is 21.5 Å². The highest BCUT2D eigenvalue weighted by atomic mass is 35.5. The number of Topliss-reactive ketones (excluding diaryl/α,β-unsaturated/α-hetero) is 1. The van der Waals surface area contributed by atoms with Crippen LogP contribution in [-0.4, -0.2) is 31.3 Å². The van der Waals surface area contributed by atoms with E-state index in [4.69, 9.17) is 20.8 Å². The molecule has 0 radical (unpaired) electrons. The van der Waals surface area contributed by atoms with Crippen LogP contribution in [0.25, 0.3) is 5.13 Å². The van der Waals surface area contributed by atoms with E-state index in [1.807, 2.05) is 29.9 Å². The van der Waals surface area contributed by atoms with Gasteiger partial charge in [0.25, 0.3) is 11.1 Å². The molecule has 7 nitrogen and oxygen atoms in total. The summed E-state index contributed by atoms with van der Waals surface area (Å²) in [6, 6.07) is 8.88. The molecule has 0 aliphatic carbocycles. The van der Waals surface area contributed by atoms with E-state index in [2.05, 4.69) is 15.2 Å². The number of carbonyl (C=O) groups excluding carboxylic acids is 1. The maximum absolute atomic E-state index is 12.7. The number of hydrogen-bond acceptors (Lipinski definition) is 8. The molecular formula is C20H17ClN4O3S2. The maximum Gasteiger partial charge on any atom is 0.277 e. The van der Waals surface area contributed by atoms with Gasteiger partial charge >= 0.3 is 0 Å². The lowest BCUT2D eigenvalue weighted by Gasteiger charge is -2.05. The first-order valence-electron chi connectivity index (χ1n) is 8.97. The molecule has 0 saturated heterocycles. The number of hydrogen-bond donors (Lipinski definition) is 0. The number of ketones is 1. The van der Waals surface area contributed by atoms with Gasteiger partial charge in [-0.05, 0) is 44.2 Å². The van der Waals surface area contributed by atoms with Crippen LogP contribution < -0.4 is 4.74 Å². The quantitative estimate of drug-likeness (QED) is 0.266. The number of halogens is 1. The predicted octanol–water partition coefficient (Wildman–Crippen LogP) is 5.14. The Morgan fingerprint density at radius 2 is 2.07 bits per heavy atom. The SMILES string of the molecule is Cc1cc(C(=O)CSc2nnc(COc3ccc(Cl)cc3)o2)c(C)n1-c1nccs1. The number of ether oxygens (including phenoxy) is 1. The number of aryl methyl sites for hydroxylation is 1. The largest absolute Gasteiger partial charge is 0.484 e. The first-order chi connectivity index (χ1) is 14.5. The molecule has 0 saturated carbocycles. The van der Waals surface area contributed by atoms with Crippen molar-refractivity contribution in [3.8, 4) is 10.9 Å². The molecule has 0 unspecified atom stereocenters. The molecule has 3 heterocycles. The van der Waals surface area contributed by atoms with Gasteiger partial charge in [0.1, 0.15) is 5.75 Å². The lowest BCUT2D eigenvalue weighted by Crippen LogP contribution is -2.05. The Morgan fingerprint density at radius 3 is 2.80 bits per heavy atom. The molecule has 10 heteroatoms. The zero-order chi connectivity index (χ0) is 21.1. The molecule has 4 rings (SSSR count). The van der Waals surface area contributed by atoms with Gasteiger partial charge in [0.05, 0.1) is 5.75 Å². The van der Waals surface area contributed by atoms with Crippen LogP contribution >= 0.6 is 34.7 Å². The third kappa shape index (κ3) is 4.58. The molecule has 0 spiro atoms. The Hall–Kier alpha value is -2.62. The lowest BCUT2D eigenvalue weighted by molar-refractivity contribution is 0.102. The van der Waals surface area contributed by atoms with Crippen molar-refractivity contribution in [2.24, 2.45) is 0 Å². The van der Waals surface area contributed by atoms with Crippen molar-refractivity contribution < 1.29 is 13.9 Å². The summed E-state index contributed by atoms with van der Waals surface area (Å²) in [6.45, 7) is 4.02. The Morgan fingerprint density at radius 1 is 1.27 bits per heavy atom. The van der Waals surface area contributed by atoms with Crippen molar-refractivity contribution in [2.45, 2.75) is 25.7 Å². The minimum Gasteiger partial charge on any atom is -0.484 e. The maximum atomic E-state index is 12.7. The Labute approximate surface area is 186 Å². The number of thiazole rings is 1. The van der Waals surface area contributed by atoms with Crippen LogP contribution in [0, 0.1) is 13.8 Å². The van der Waals surface area contributed by atoms with E-state index in [0.29, 0.717) is 27.4 Å². The van der Waals surface area contributed by atoms with Crippen molar-refractivity contribution in [3.05, 3.63) is 69.8 Å². The van der Waals surface area contributed by atoms with Gasteiger partial charge in [-0.1, -0.05) is 23.4 Å². The highest BCUT2D eigenvalue weighted by molar-refractivity contribution is 7.99. The molecule has 0 fully saturated rings. The van der Waals surface area contributed by atoms with E-state index in [9.17, 15) is 4.79 Å². The summed E-state index contributed by atoms with van der Waals surface area (Å²) in [5, 5.41) is 11.7. The van der Waals surface area contributed by atoms with E-state index in [1.165, 1.54) is 23.1 Å². The Kier molecular flexibility index (Phi) is 6.21. The first-order valence-corrected chi connectivity index (χ1v) is 11.2. The molecule has 0 aliphatic rings. The van der Waals surface area contributed by atoms with Gasteiger partial charge in [0.15, 0.2) is 17.5 Å². The number of thioether (sulfide) groups is 1. The monoisotopic (exact) mass is 460 g/mol. The molecule has 30 heavy (non-hydrogen) atoms. The second-order valence-electron chi connectivity index (χ2n) is 6.35. The number of nitrogens with zero attached hydrogens (tertiary/aromatic N) is 4. The third-order valence-corrected chi connectivity index (χ3v) is 6.12. The van der Waals surface area contributed by atoms with E-state index < -0.39 is 0 Å². The van der Waals surface area contributed by atoms with Crippen LogP contribution in [0.3, 0.4) is 0 Å². The van der Waals surface area contributed by atoms with E-state index in [-0.39, 0.29) is 18.1 Å². The summed E-state index contributed by atoms with van der Waals surface area (Å²) in [5.41, 5.74) is 2.51. The van der Waals surface area contributed by atoms with Crippen molar-refractivity contribution in [2.75, 3.05) is 5.75 Å². The minimum atomic E-state index is -0.00642. The smallest absolute Gasteiger partial charge is 0.277 e. The third-order valence-electron chi connectivity index (χ3n) is 4.29. The van der Waals surface area contributed by atoms with E-state index in [1.54, 1.807) is 30.5 Å². The molecule has 0 N–H and O–H groups in total. The standard InChI is InChI=1S/C20H17ClN4O3S2/c1-12-9-16(13(2)25(12)19-22-7-8-29-19)17(26)11-30-20-24-23-18(28-20)10-27-15-5-3-14(21)4-6-15/h3-9H,10-11H2,1-2H3. The van der Waals surface area contributed by atoms with Crippen molar-refractivity contribution in [3.63, 3.8) is 0 Å². The highest BCUT2D eigenvalue weighted by Gasteiger charge is 2.19. The van der Waals surface area contributed by atoms with Crippen LogP contribution in [-0.2, 0) is 6.61 Å². The average Bonchev–Trinajstić information content (AvgIpc) is 3.47.